The molecule has 6 heteroatoms. The Morgan fingerprint density at radius 2 is 2.19 bits per heavy atom. The summed E-state index contributed by atoms with van der Waals surface area (Å²) in [7, 11) is 2.19. The van der Waals surface area contributed by atoms with Crippen molar-refractivity contribution in [2.45, 2.75) is 31.7 Å². The Hall–Kier alpha value is -0.390. The zero-order valence-corrected chi connectivity index (χ0v) is 11.0. The van der Waals surface area contributed by atoms with E-state index in [1.165, 1.54) is 25.7 Å². The maximum absolute atomic E-state index is 5.84. The highest BCUT2D eigenvalue weighted by atomic mass is 35.5. The maximum atomic E-state index is 5.84. The number of halogens is 1. The number of anilines is 1. The highest BCUT2D eigenvalue weighted by Gasteiger charge is 2.18. The van der Waals surface area contributed by atoms with Crippen molar-refractivity contribution in [1.82, 2.24) is 13.6 Å². The molecular weight excluding hydrogens is 244 g/mol. The van der Waals surface area contributed by atoms with Crippen LogP contribution >= 0.6 is 23.3 Å². The number of nitrogens with one attached hydrogen (secondary N) is 1. The largest absolute Gasteiger partial charge is 0.365 e. The highest BCUT2D eigenvalue weighted by Crippen LogP contribution is 2.22. The second-order valence-corrected chi connectivity index (χ2v) is 5.14. The fourth-order valence-corrected chi connectivity index (χ4v) is 2.84. The quantitative estimate of drug-likeness (QED) is 0.883. The van der Waals surface area contributed by atoms with Crippen LogP contribution in [0.4, 0.5) is 5.82 Å². The molecule has 0 aliphatic heterocycles. The lowest BCUT2D eigenvalue weighted by molar-refractivity contribution is 0.254. The predicted molar refractivity (Wildman–Crippen MR) is 68.3 cm³/mol. The zero-order chi connectivity index (χ0) is 11.4. The van der Waals surface area contributed by atoms with Crippen LogP contribution in [0.2, 0.25) is 5.15 Å². The molecule has 0 amide bonds. The lowest BCUT2D eigenvalue weighted by Crippen LogP contribution is -2.33. The van der Waals surface area contributed by atoms with Crippen LogP contribution in [-0.2, 0) is 0 Å². The summed E-state index contributed by atoms with van der Waals surface area (Å²) >= 11 is 6.99. The van der Waals surface area contributed by atoms with Gasteiger partial charge in [-0.3, -0.25) is 0 Å². The van der Waals surface area contributed by atoms with Gasteiger partial charge in [0.25, 0.3) is 0 Å². The first-order valence-corrected chi connectivity index (χ1v) is 6.80. The number of aromatic nitrogens is 2. The summed E-state index contributed by atoms with van der Waals surface area (Å²) in [5.74, 6) is 0.714. The Labute approximate surface area is 105 Å². The van der Waals surface area contributed by atoms with Crippen molar-refractivity contribution in [3.8, 4) is 0 Å². The van der Waals surface area contributed by atoms with Gasteiger partial charge in [0, 0.05) is 19.1 Å². The van der Waals surface area contributed by atoms with Gasteiger partial charge < -0.3 is 10.2 Å². The molecule has 1 aromatic heterocycles. The molecule has 0 atom stereocenters. The van der Waals surface area contributed by atoms with Crippen molar-refractivity contribution in [2.75, 3.05) is 25.5 Å². The third-order valence-electron chi connectivity index (χ3n) is 3.15. The molecule has 1 N–H and O–H groups in total. The monoisotopic (exact) mass is 260 g/mol. The summed E-state index contributed by atoms with van der Waals surface area (Å²) in [5.41, 5.74) is 0. The van der Waals surface area contributed by atoms with E-state index in [0.29, 0.717) is 11.0 Å². The van der Waals surface area contributed by atoms with E-state index >= 15 is 0 Å². The fraction of sp³-hybridized carbons (Fsp3) is 0.800. The minimum absolute atomic E-state index is 0.480. The van der Waals surface area contributed by atoms with Gasteiger partial charge in [0.05, 0.1) is 11.7 Å². The third-order valence-corrected chi connectivity index (χ3v) is 4.05. The molecule has 0 saturated heterocycles. The van der Waals surface area contributed by atoms with E-state index in [2.05, 4.69) is 26.0 Å². The Balaban J connectivity index is 1.69. The van der Waals surface area contributed by atoms with Gasteiger partial charge in [-0.1, -0.05) is 24.4 Å². The van der Waals surface area contributed by atoms with Crippen molar-refractivity contribution in [3.05, 3.63) is 5.15 Å². The lowest BCUT2D eigenvalue weighted by Gasteiger charge is -2.23. The molecule has 1 heterocycles. The number of nitrogens with zero attached hydrogens (tertiary/aromatic N) is 3. The molecule has 1 aliphatic rings. The van der Waals surface area contributed by atoms with Crippen LogP contribution in [0.3, 0.4) is 0 Å². The molecule has 1 fully saturated rings. The van der Waals surface area contributed by atoms with Crippen molar-refractivity contribution < 1.29 is 0 Å². The predicted octanol–water partition coefficient (Wildman–Crippen LogP) is 2.48. The summed E-state index contributed by atoms with van der Waals surface area (Å²) in [6.07, 6.45) is 5.44. The Morgan fingerprint density at radius 1 is 1.44 bits per heavy atom. The number of hydrogen-bond acceptors (Lipinski definition) is 5. The second kappa shape index (κ2) is 5.80. The van der Waals surface area contributed by atoms with E-state index < -0.39 is 0 Å². The van der Waals surface area contributed by atoms with Crippen LogP contribution in [0.15, 0.2) is 0 Å². The van der Waals surface area contributed by atoms with Gasteiger partial charge in [0.2, 0.25) is 0 Å². The van der Waals surface area contributed by atoms with Crippen molar-refractivity contribution in [3.63, 3.8) is 0 Å². The summed E-state index contributed by atoms with van der Waals surface area (Å²) in [6.45, 7) is 1.90. The zero-order valence-electron chi connectivity index (χ0n) is 9.45. The van der Waals surface area contributed by atoms with Gasteiger partial charge in [-0.25, -0.2) is 0 Å². The Bertz CT molecular complexity index is 324. The van der Waals surface area contributed by atoms with E-state index in [0.717, 1.165) is 30.9 Å². The van der Waals surface area contributed by atoms with Crippen LogP contribution in [0.1, 0.15) is 25.7 Å². The molecule has 0 spiro atoms. The Kier molecular flexibility index (Phi) is 4.37. The van der Waals surface area contributed by atoms with Crippen LogP contribution in [0.25, 0.3) is 0 Å². The standard InChI is InChI=1S/C10H17ClN4S/c1-15(8-4-2-3-5-8)7-6-12-10-9(11)13-16-14-10/h8H,2-7H2,1H3,(H,12,14). The molecular formula is C10H17ClN4S. The summed E-state index contributed by atoms with van der Waals surface area (Å²) in [5, 5.41) is 3.69. The van der Waals surface area contributed by atoms with Crippen LogP contribution < -0.4 is 5.32 Å². The van der Waals surface area contributed by atoms with E-state index in [9.17, 15) is 0 Å². The maximum Gasteiger partial charge on any atom is 0.186 e. The minimum atomic E-state index is 0.480. The first kappa shape index (κ1) is 12.1. The van der Waals surface area contributed by atoms with Gasteiger partial charge >= 0.3 is 0 Å². The topological polar surface area (TPSA) is 41.0 Å². The molecule has 2 rings (SSSR count). The molecule has 1 saturated carbocycles. The van der Waals surface area contributed by atoms with Crippen LogP contribution in [-0.4, -0.2) is 39.8 Å². The molecule has 16 heavy (non-hydrogen) atoms. The lowest BCUT2D eigenvalue weighted by atomic mass is 10.2. The fourth-order valence-electron chi connectivity index (χ4n) is 2.16. The normalized spacial score (nSPS) is 17.2. The molecule has 1 aliphatic carbocycles. The van der Waals surface area contributed by atoms with E-state index in [1.54, 1.807) is 0 Å². The van der Waals surface area contributed by atoms with Gasteiger partial charge in [-0.2, -0.15) is 8.75 Å². The van der Waals surface area contributed by atoms with Gasteiger partial charge in [0.1, 0.15) is 0 Å². The molecule has 4 nitrogen and oxygen atoms in total. The molecule has 1 aromatic rings. The average Bonchev–Trinajstić information content (AvgIpc) is 2.90. The molecule has 90 valence electrons. The molecule has 0 radical (unpaired) electrons. The van der Waals surface area contributed by atoms with Crippen LogP contribution in [0.5, 0.6) is 0 Å². The van der Waals surface area contributed by atoms with E-state index in [4.69, 9.17) is 11.6 Å². The highest BCUT2D eigenvalue weighted by molar-refractivity contribution is 6.99. The van der Waals surface area contributed by atoms with Gasteiger partial charge in [0.15, 0.2) is 11.0 Å². The Morgan fingerprint density at radius 3 is 2.81 bits per heavy atom. The number of hydrogen-bond donors (Lipinski definition) is 1. The summed E-state index contributed by atoms with van der Waals surface area (Å²) in [4.78, 5) is 2.42. The molecule has 0 bridgehead atoms. The van der Waals surface area contributed by atoms with Crippen molar-refractivity contribution in [1.29, 1.82) is 0 Å². The van der Waals surface area contributed by atoms with Crippen LogP contribution in [0, 0.1) is 0 Å². The van der Waals surface area contributed by atoms with Gasteiger partial charge in [-0.15, -0.1) is 0 Å². The first-order valence-electron chi connectivity index (χ1n) is 5.69. The SMILES string of the molecule is CN(CCNc1nsnc1Cl)C1CCCC1. The summed E-state index contributed by atoms with van der Waals surface area (Å²) in [6, 6.07) is 0.769. The van der Waals surface area contributed by atoms with E-state index in [-0.39, 0.29) is 0 Å². The second-order valence-electron chi connectivity index (χ2n) is 4.25. The van der Waals surface area contributed by atoms with Gasteiger partial charge in [-0.05, 0) is 19.9 Å². The third kappa shape index (κ3) is 3.06. The first-order chi connectivity index (χ1) is 7.77. The average molecular weight is 261 g/mol. The van der Waals surface area contributed by atoms with Crippen molar-refractivity contribution in [2.24, 2.45) is 0 Å². The van der Waals surface area contributed by atoms with E-state index in [1.807, 2.05) is 0 Å². The number of likely N-dealkylation sites (N-methyl/N-ethyl adjacent to an activating group) is 1. The molecule has 0 aromatic carbocycles. The number of rotatable bonds is 5. The summed E-state index contributed by atoms with van der Waals surface area (Å²) < 4.78 is 7.99. The van der Waals surface area contributed by atoms with Crippen molar-refractivity contribution >= 4 is 29.1 Å². The minimum Gasteiger partial charge on any atom is -0.365 e. The smallest absolute Gasteiger partial charge is 0.186 e. The molecule has 0 unspecified atom stereocenters.